The zero-order valence-electron chi connectivity index (χ0n) is 9.47. The number of methoxy groups -OCH3 is 1. The zero-order valence-corrected chi connectivity index (χ0v) is 9.47. The highest BCUT2D eigenvalue weighted by atomic mass is 16.5. The molecule has 0 aliphatic rings. The maximum absolute atomic E-state index is 10.3. The fourth-order valence-corrected chi connectivity index (χ4v) is 1.25. The van der Waals surface area contributed by atoms with Crippen LogP contribution in [0.5, 0.6) is 11.5 Å². The predicted molar refractivity (Wildman–Crippen MR) is 60.1 cm³/mol. The van der Waals surface area contributed by atoms with Crippen LogP contribution in [0.1, 0.15) is 18.4 Å². The Hall–Kier alpha value is -2.22. The van der Waals surface area contributed by atoms with Crippen LogP contribution in [0.2, 0.25) is 0 Å². The number of hydrogen-bond acceptors (Lipinski definition) is 4. The first-order chi connectivity index (χ1) is 8.15. The lowest BCUT2D eigenvalue weighted by atomic mass is 10.2. The second kappa shape index (κ2) is 6.38. The van der Waals surface area contributed by atoms with E-state index in [9.17, 15) is 4.79 Å². The molecule has 0 saturated carbocycles. The number of carbonyl (C=O) groups is 1. The van der Waals surface area contributed by atoms with Gasteiger partial charge in [-0.05, 0) is 18.6 Å². The summed E-state index contributed by atoms with van der Waals surface area (Å²) in [4.78, 5) is 10.3. The Balaban J connectivity index is 2.58. The smallest absolute Gasteiger partial charge is 0.303 e. The number of carboxylic acid groups (broad SMARTS) is 1. The third-order valence-electron chi connectivity index (χ3n) is 2.05. The average molecular weight is 235 g/mol. The summed E-state index contributed by atoms with van der Waals surface area (Å²) in [5.41, 5.74) is 0.442. The van der Waals surface area contributed by atoms with Crippen molar-refractivity contribution in [3.8, 4) is 17.6 Å². The van der Waals surface area contributed by atoms with E-state index in [1.54, 1.807) is 18.2 Å². The molecule has 90 valence electrons. The van der Waals surface area contributed by atoms with E-state index in [4.69, 9.17) is 19.8 Å². The predicted octanol–water partition coefficient (Wildman–Crippen LogP) is 1.81. The molecule has 0 bridgehead atoms. The molecule has 0 spiro atoms. The molecule has 0 heterocycles. The molecule has 1 rings (SSSR count). The standard InChI is InChI=1S/C12H13NO4/c1-16-10-5-9(8-13)6-11(7-10)17-4-2-3-12(14)15/h5-7H,2-4H2,1H3,(H,14,15). The van der Waals surface area contributed by atoms with Crippen LogP contribution in [-0.4, -0.2) is 24.8 Å². The molecule has 1 N–H and O–H groups in total. The SMILES string of the molecule is COc1cc(C#N)cc(OCCCC(=O)O)c1. The van der Waals surface area contributed by atoms with E-state index in [1.165, 1.54) is 7.11 Å². The monoisotopic (exact) mass is 235 g/mol. The second-order valence-electron chi connectivity index (χ2n) is 3.35. The summed E-state index contributed by atoms with van der Waals surface area (Å²) in [7, 11) is 1.50. The normalized spacial score (nSPS) is 9.41. The van der Waals surface area contributed by atoms with E-state index in [0.29, 0.717) is 30.1 Å². The van der Waals surface area contributed by atoms with Crippen LogP contribution in [0.25, 0.3) is 0 Å². The lowest BCUT2D eigenvalue weighted by Gasteiger charge is -2.07. The van der Waals surface area contributed by atoms with Gasteiger partial charge in [-0.15, -0.1) is 0 Å². The first-order valence-electron chi connectivity index (χ1n) is 5.09. The number of nitrogens with zero attached hydrogens (tertiary/aromatic N) is 1. The summed E-state index contributed by atoms with van der Waals surface area (Å²) in [6.07, 6.45) is 0.490. The minimum absolute atomic E-state index is 0.0646. The molecule has 0 unspecified atom stereocenters. The van der Waals surface area contributed by atoms with Gasteiger partial charge < -0.3 is 14.6 Å². The summed E-state index contributed by atoms with van der Waals surface area (Å²) in [6.45, 7) is 0.296. The first-order valence-corrected chi connectivity index (χ1v) is 5.09. The number of benzene rings is 1. The minimum Gasteiger partial charge on any atom is -0.497 e. The quantitative estimate of drug-likeness (QED) is 0.760. The van der Waals surface area contributed by atoms with Gasteiger partial charge in [-0.1, -0.05) is 0 Å². The maximum atomic E-state index is 10.3. The van der Waals surface area contributed by atoms with Crippen molar-refractivity contribution >= 4 is 5.97 Å². The summed E-state index contributed by atoms with van der Waals surface area (Å²) in [5.74, 6) is 0.195. The molecular formula is C12H13NO4. The molecule has 0 saturated heterocycles. The van der Waals surface area contributed by atoms with Gasteiger partial charge in [0, 0.05) is 12.5 Å². The number of rotatable bonds is 6. The van der Waals surface area contributed by atoms with Gasteiger partial charge in [-0.3, -0.25) is 4.79 Å². The lowest BCUT2D eigenvalue weighted by molar-refractivity contribution is -0.137. The van der Waals surface area contributed by atoms with Crippen LogP contribution in [0, 0.1) is 11.3 Å². The first kappa shape index (κ1) is 12.8. The third kappa shape index (κ3) is 4.43. The number of aliphatic carboxylic acids is 1. The Morgan fingerprint density at radius 2 is 2.12 bits per heavy atom. The molecular weight excluding hydrogens is 222 g/mol. The molecule has 1 aromatic rings. The Morgan fingerprint density at radius 3 is 2.71 bits per heavy atom. The van der Waals surface area contributed by atoms with Gasteiger partial charge in [0.15, 0.2) is 0 Å². The van der Waals surface area contributed by atoms with Crippen molar-refractivity contribution in [2.75, 3.05) is 13.7 Å². The molecule has 17 heavy (non-hydrogen) atoms. The topological polar surface area (TPSA) is 79.5 Å². The van der Waals surface area contributed by atoms with Crippen LogP contribution >= 0.6 is 0 Å². The lowest BCUT2D eigenvalue weighted by Crippen LogP contribution is -2.02. The van der Waals surface area contributed by atoms with Crippen LogP contribution < -0.4 is 9.47 Å². The fourth-order valence-electron chi connectivity index (χ4n) is 1.25. The Kier molecular flexibility index (Phi) is 4.82. The zero-order chi connectivity index (χ0) is 12.7. The summed E-state index contributed by atoms with van der Waals surface area (Å²) >= 11 is 0. The van der Waals surface area contributed by atoms with E-state index in [2.05, 4.69) is 0 Å². The van der Waals surface area contributed by atoms with Crippen LogP contribution in [-0.2, 0) is 4.79 Å². The Morgan fingerprint density at radius 1 is 1.41 bits per heavy atom. The molecule has 0 atom stereocenters. The third-order valence-corrected chi connectivity index (χ3v) is 2.05. The van der Waals surface area contributed by atoms with E-state index in [-0.39, 0.29) is 6.42 Å². The summed E-state index contributed by atoms with van der Waals surface area (Å²) in [5, 5.41) is 17.2. The molecule has 5 nitrogen and oxygen atoms in total. The van der Waals surface area contributed by atoms with Crippen molar-refractivity contribution < 1.29 is 19.4 Å². The largest absolute Gasteiger partial charge is 0.497 e. The maximum Gasteiger partial charge on any atom is 0.303 e. The van der Waals surface area contributed by atoms with Gasteiger partial charge in [-0.2, -0.15) is 5.26 Å². The number of carboxylic acids is 1. The van der Waals surface area contributed by atoms with Crippen molar-refractivity contribution in [2.24, 2.45) is 0 Å². The highest BCUT2D eigenvalue weighted by Crippen LogP contribution is 2.22. The van der Waals surface area contributed by atoms with Gasteiger partial charge in [0.05, 0.1) is 25.3 Å². The van der Waals surface area contributed by atoms with Crippen molar-refractivity contribution in [2.45, 2.75) is 12.8 Å². The Bertz CT molecular complexity index is 437. The van der Waals surface area contributed by atoms with E-state index >= 15 is 0 Å². The number of ether oxygens (including phenoxy) is 2. The van der Waals surface area contributed by atoms with Crippen molar-refractivity contribution in [1.29, 1.82) is 5.26 Å². The van der Waals surface area contributed by atoms with E-state index in [0.717, 1.165) is 0 Å². The van der Waals surface area contributed by atoms with Crippen LogP contribution in [0.3, 0.4) is 0 Å². The fraction of sp³-hybridized carbons (Fsp3) is 0.333. The molecule has 0 fully saturated rings. The average Bonchev–Trinajstić information content (AvgIpc) is 2.34. The number of hydrogen-bond donors (Lipinski definition) is 1. The van der Waals surface area contributed by atoms with Crippen molar-refractivity contribution in [1.82, 2.24) is 0 Å². The van der Waals surface area contributed by atoms with E-state index < -0.39 is 5.97 Å². The van der Waals surface area contributed by atoms with Gasteiger partial charge in [-0.25, -0.2) is 0 Å². The van der Waals surface area contributed by atoms with Gasteiger partial charge >= 0.3 is 5.97 Å². The summed E-state index contributed by atoms with van der Waals surface area (Å²) < 4.78 is 10.4. The molecule has 5 heteroatoms. The van der Waals surface area contributed by atoms with Crippen molar-refractivity contribution in [3.05, 3.63) is 23.8 Å². The highest BCUT2D eigenvalue weighted by Gasteiger charge is 2.03. The second-order valence-corrected chi connectivity index (χ2v) is 3.35. The molecule has 0 radical (unpaired) electrons. The molecule has 0 aliphatic carbocycles. The van der Waals surface area contributed by atoms with Gasteiger partial charge in [0.2, 0.25) is 0 Å². The molecule has 0 aliphatic heterocycles. The molecule has 1 aromatic carbocycles. The summed E-state index contributed by atoms with van der Waals surface area (Å²) in [6, 6.07) is 6.84. The van der Waals surface area contributed by atoms with Gasteiger partial charge in [0.25, 0.3) is 0 Å². The van der Waals surface area contributed by atoms with Gasteiger partial charge in [0.1, 0.15) is 11.5 Å². The molecule has 0 amide bonds. The van der Waals surface area contributed by atoms with Crippen LogP contribution in [0.4, 0.5) is 0 Å². The minimum atomic E-state index is -0.850. The molecule has 0 aromatic heterocycles. The highest BCUT2D eigenvalue weighted by molar-refractivity contribution is 5.66. The van der Waals surface area contributed by atoms with Crippen LogP contribution in [0.15, 0.2) is 18.2 Å². The van der Waals surface area contributed by atoms with Crippen molar-refractivity contribution in [3.63, 3.8) is 0 Å². The number of nitriles is 1. The van der Waals surface area contributed by atoms with E-state index in [1.807, 2.05) is 6.07 Å². The Labute approximate surface area is 99.2 Å².